The van der Waals surface area contributed by atoms with E-state index < -0.39 is 23.1 Å². The molecule has 0 fully saturated rings. The van der Waals surface area contributed by atoms with Gasteiger partial charge in [-0.1, -0.05) is 0 Å². The Morgan fingerprint density at radius 2 is 1.65 bits per heavy atom. The molecule has 0 spiro atoms. The average Bonchev–Trinajstić information content (AvgIpc) is 2.23. The number of hydrogen-bond donors (Lipinski definition) is 2. The van der Waals surface area contributed by atoms with Crippen LogP contribution in [0.15, 0.2) is 24.5 Å². The predicted octanol–water partition coefficient (Wildman–Crippen LogP) is 2.22. The summed E-state index contributed by atoms with van der Waals surface area (Å²) >= 11 is 0. The van der Waals surface area contributed by atoms with Crippen molar-refractivity contribution in [3.63, 3.8) is 0 Å². The number of aromatic nitrogens is 2. The Morgan fingerprint density at radius 1 is 1.00 bits per heavy atom. The van der Waals surface area contributed by atoms with Crippen molar-refractivity contribution in [1.29, 1.82) is 0 Å². The zero-order valence-electron chi connectivity index (χ0n) is 8.42. The molecule has 3 N–H and O–H groups in total. The molecular weight excluding hydrogens is 233 g/mol. The van der Waals surface area contributed by atoms with Crippen LogP contribution < -0.4 is 11.1 Å². The highest BCUT2D eigenvalue weighted by Gasteiger charge is 2.12. The van der Waals surface area contributed by atoms with Gasteiger partial charge in [0.05, 0.1) is 0 Å². The van der Waals surface area contributed by atoms with E-state index in [2.05, 4.69) is 15.3 Å². The maximum absolute atomic E-state index is 13.3. The lowest BCUT2D eigenvalue weighted by Crippen LogP contribution is -2.02. The van der Waals surface area contributed by atoms with Crippen LogP contribution in [0.2, 0.25) is 0 Å². The standard InChI is InChI=1S/C10H7F3N4/c11-5-1-6(12)10(7(13)2-5)17-9-3-8(14)15-4-16-9/h1-4H,(H3,14,15,16,17). The van der Waals surface area contributed by atoms with E-state index in [0.717, 1.165) is 6.33 Å². The smallest absolute Gasteiger partial charge is 0.152 e. The number of benzene rings is 1. The number of nitrogens with one attached hydrogen (secondary N) is 1. The van der Waals surface area contributed by atoms with Crippen molar-refractivity contribution >= 4 is 17.3 Å². The lowest BCUT2D eigenvalue weighted by atomic mass is 10.2. The highest BCUT2D eigenvalue weighted by Crippen LogP contribution is 2.23. The third kappa shape index (κ3) is 2.44. The van der Waals surface area contributed by atoms with Gasteiger partial charge in [0.15, 0.2) is 11.6 Å². The van der Waals surface area contributed by atoms with Crippen LogP contribution in [0, 0.1) is 17.5 Å². The summed E-state index contributed by atoms with van der Waals surface area (Å²) in [6.07, 6.45) is 1.14. The molecule has 88 valence electrons. The Hall–Kier alpha value is -2.31. The summed E-state index contributed by atoms with van der Waals surface area (Å²) in [4.78, 5) is 7.33. The first-order valence-electron chi connectivity index (χ1n) is 4.55. The minimum atomic E-state index is -1.06. The first-order chi connectivity index (χ1) is 8.06. The molecule has 0 aliphatic rings. The molecule has 2 rings (SSSR count). The Balaban J connectivity index is 2.36. The van der Waals surface area contributed by atoms with Crippen molar-refractivity contribution in [3.05, 3.63) is 42.0 Å². The van der Waals surface area contributed by atoms with E-state index in [-0.39, 0.29) is 11.6 Å². The third-order valence-corrected chi connectivity index (χ3v) is 1.95. The summed E-state index contributed by atoms with van der Waals surface area (Å²) < 4.78 is 39.2. The molecule has 0 aliphatic carbocycles. The monoisotopic (exact) mass is 240 g/mol. The van der Waals surface area contributed by atoms with Crippen LogP contribution in [0.3, 0.4) is 0 Å². The van der Waals surface area contributed by atoms with Gasteiger partial charge in [-0.05, 0) is 0 Å². The molecule has 0 radical (unpaired) electrons. The number of nitrogens with two attached hydrogens (primary N) is 1. The van der Waals surface area contributed by atoms with Gasteiger partial charge in [0, 0.05) is 18.2 Å². The number of rotatable bonds is 2. The molecule has 0 unspecified atom stereocenters. The van der Waals surface area contributed by atoms with Crippen LogP contribution in [0.25, 0.3) is 0 Å². The SMILES string of the molecule is Nc1cc(Nc2c(F)cc(F)cc2F)ncn1. The lowest BCUT2D eigenvalue weighted by Gasteiger charge is -2.08. The molecule has 0 saturated carbocycles. The molecule has 0 atom stereocenters. The predicted molar refractivity (Wildman–Crippen MR) is 56.0 cm³/mol. The molecule has 1 heterocycles. The van der Waals surface area contributed by atoms with Crippen LogP contribution in [-0.4, -0.2) is 9.97 Å². The maximum atomic E-state index is 13.3. The zero-order chi connectivity index (χ0) is 12.4. The normalized spacial score (nSPS) is 10.3. The fourth-order valence-electron chi connectivity index (χ4n) is 1.23. The molecule has 0 aliphatic heterocycles. The van der Waals surface area contributed by atoms with Gasteiger partial charge in [0.25, 0.3) is 0 Å². The molecule has 4 nitrogen and oxygen atoms in total. The maximum Gasteiger partial charge on any atom is 0.152 e. The Labute approximate surface area is 94.3 Å². The Bertz CT molecular complexity index is 536. The molecule has 7 heteroatoms. The van der Waals surface area contributed by atoms with Crippen LogP contribution in [0.1, 0.15) is 0 Å². The molecule has 1 aromatic carbocycles. The highest BCUT2D eigenvalue weighted by molar-refractivity contribution is 5.59. The number of anilines is 3. The zero-order valence-corrected chi connectivity index (χ0v) is 8.42. The lowest BCUT2D eigenvalue weighted by molar-refractivity contribution is 0.549. The van der Waals surface area contributed by atoms with Crippen molar-refractivity contribution in [2.24, 2.45) is 0 Å². The summed E-state index contributed by atoms with van der Waals surface area (Å²) in [6, 6.07) is 2.42. The van der Waals surface area contributed by atoms with E-state index in [1.54, 1.807) is 0 Å². The quantitative estimate of drug-likeness (QED) is 0.844. The van der Waals surface area contributed by atoms with Crippen molar-refractivity contribution in [2.75, 3.05) is 11.1 Å². The first kappa shape index (κ1) is 11.2. The largest absolute Gasteiger partial charge is 0.384 e. The van der Waals surface area contributed by atoms with Gasteiger partial charge in [-0.25, -0.2) is 23.1 Å². The van der Waals surface area contributed by atoms with E-state index >= 15 is 0 Å². The van der Waals surface area contributed by atoms with Crippen LogP contribution in [0.4, 0.5) is 30.5 Å². The van der Waals surface area contributed by atoms with Gasteiger partial charge in [-0.3, -0.25) is 0 Å². The summed E-state index contributed by atoms with van der Waals surface area (Å²) in [5, 5.41) is 2.36. The fourth-order valence-corrected chi connectivity index (χ4v) is 1.23. The molecule has 2 aromatic rings. The molecular formula is C10H7F3N4. The van der Waals surface area contributed by atoms with E-state index in [1.807, 2.05) is 0 Å². The minimum Gasteiger partial charge on any atom is -0.384 e. The first-order valence-corrected chi connectivity index (χ1v) is 4.55. The number of hydrogen-bond acceptors (Lipinski definition) is 4. The van der Waals surface area contributed by atoms with Gasteiger partial charge in [-0.15, -0.1) is 0 Å². The van der Waals surface area contributed by atoms with E-state index in [9.17, 15) is 13.2 Å². The molecule has 0 amide bonds. The highest BCUT2D eigenvalue weighted by atomic mass is 19.1. The summed E-state index contributed by atoms with van der Waals surface area (Å²) in [5.41, 5.74) is 4.88. The van der Waals surface area contributed by atoms with Gasteiger partial charge in [0.1, 0.15) is 29.5 Å². The van der Waals surface area contributed by atoms with Crippen molar-refractivity contribution in [1.82, 2.24) is 9.97 Å². The van der Waals surface area contributed by atoms with Gasteiger partial charge in [0.2, 0.25) is 0 Å². The number of nitrogens with zero attached hydrogens (tertiary/aromatic N) is 2. The Kier molecular flexibility index (Phi) is 2.82. The topological polar surface area (TPSA) is 63.8 Å². The molecule has 0 bridgehead atoms. The summed E-state index contributed by atoms with van der Waals surface area (Å²) in [5.74, 6) is -2.85. The molecule has 0 saturated heterocycles. The van der Waals surface area contributed by atoms with Crippen molar-refractivity contribution < 1.29 is 13.2 Å². The average molecular weight is 240 g/mol. The van der Waals surface area contributed by atoms with Crippen molar-refractivity contribution in [2.45, 2.75) is 0 Å². The van der Waals surface area contributed by atoms with E-state index in [1.165, 1.54) is 6.07 Å². The van der Waals surface area contributed by atoms with E-state index in [4.69, 9.17) is 5.73 Å². The summed E-state index contributed by atoms with van der Waals surface area (Å²) in [7, 11) is 0. The van der Waals surface area contributed by atoms with Crippen LogP contribution in [0.5, 0.6) is 0 Å². The van der Waals surface area contributed by atoms with Gasteiger partial charge in [-0.2, -0.15) is 0 Å². The minimum absolute atomic E-state index is 0.113. The third-order valence-electron chi connectivity index (χ3n) is 1.95. The number of nitrogen functional groups attached to an aromatic ring is 1. The second-order valence-electron chi connectivity index (χ2n) is 3.20. The summed E-state index contributed by atoms with van der Waals surface area (Å²) in [6.45, 7) is 0. The number of halogens is 3. The van der Waals surface area contributed by atoms with Crippen LogP contribution >= 0.6 is 0 Å². The van der Waals surface area contributed by atoms with Crippen molar-refractivity contribution in [3.8, 4) is 0 Å². The van der Waals surface area contributed by atoms with E-state index in [0.29, 0.717) is 12.1 Å². The Morgan fingerprint density at radius 3 is 2.24 bits per heavy atom. The second-order valence-corrected chi connectivity index (χ2v) is 3.20. The molecule has 1 aromatic heterocycles. The second kappa shape index (κ2) is 4.28. The van der Waals surface area contributed by atoms with Crippen LogP contribution in [-0.2, 0) is 0 Å². The van der Waals surface area contributed by atoms with Gasteiger partial charge < -0.3 is 11.1 Å². The fraction of sp³-hybridized carbons (Fsp3) is 0. The molecule has 17 heavy (non-hydrogen) atoms. The van der Waals surface area contributed by atoms with Gasteiger partial charge >= 0.3 is 0 Å².